The molecule has 4 rings (SSSR count). The molecule has 0 aliphatic carbocycles. The number of halogens is 4. The van der Waals surface area contributed by atoms with Crippen molar-refractivity contribution in [1.29, 1.82) is 0 Å². The van der Waals surface area contributed by atoms with Crippen molar-refractivity contribution in [2.45, 2.75) is 44.4 Å². The number of likely N-dealkylation sites (tertiary alicyclic amines) is 1. The molecule has 0 spiro atoms. The van der Waals surface area contributed by atoms with Crippen molar-refractivity contribution in [3.8, 4) is 17.6 Å². The molecule has 0 saturated carbocycles. The zero-order valence-electron chi connectivity index (χ0n) is 23.6. The van der Waals surface area contributed by atoms with Crippen LogP contribution in [0.2, 0.25) is 0 Å². The van der Waals surface area contributed by atoms with Crippen molar-refractivity contribution in [1.82, 2.24) is 9.47 Å². The molecule has 2 aromatic carbocycles. The van der Waals surface area contributed by atoms with Gasteiger partial charge in [0.25, 0.3) is 0 Å². The van der Waals surface area contributed by atoms with Crippen molar-refractivity contribution < 1.29 is 36.9 Å². The average Bonchev–Trinajstić information content (AvgIpc) is 3.28. The van der Waals surface area contributed by atoms with Crippen LogP contribution in [-0.2, 0) is 11.3 Å². The van der Waals surface area contributed by atoms with Crippen LogP contribution in [0, 0.1) is 11.8 Å². The molecular formula is C30H34F4N4O4. The van der Waals surface area contributed by atoms with Crippen molar-refractivity contribution in [2.24, 2.45) is 0 Å². The van der Waals surface area contributed by atoms with Gasteiger partial charge in [-0.05, 0) is 55.7 Å². The third-order valence-electron chi connectivity index (χ3n) is 6.98. The lowest BCUT2D eigenvalue weighted by Crippen LogP contribution is -2.49. The van der Waals surface area contributed by atoms with Gasteiger partial charge >= 0.3 is 12.1 Å². The number of methoxy groups -OCH3 is 2. The van der Waals surface area contributed by atoms with Gasteiger partial charge in [0, 0.05) is 30.7 Å². The standard InChI is InChI=1S/C30H34F4N4O4/c1-19(39)16-37-13-11-25(23(31)17-37)36-24-7-4-8-27-22(24)15-21(38(27)18-30(32,33)34)6-5-12-35-26-10-9-20(29(40)42-3)14-28(26)41-2/h4,7-10,14-15,19,23,25,35-36,39H,11-13,16-18H2,1-3H3. The van der Waals surface area contributed by atoms with Crippen LogP contribution in [0.25, 0.3) is 10.9 Å². The Bertz CT molecular complexity index is 1460. The third kappa shape index (κ3) is 7.66. The summed E-state index contributed by atoms with van der Waals surface area (Å²) in [6.07, 6.45) is -5.78. The number of esters is 1. The van der Waals surface area contributed by atoms with Crippen LogP contribution in [-0.4, -0.2) is 85.4 Å². The number of β-amino-alcohol motifs (C(OH)–C–C–N with tert-alkyl or cyclic N) is 1. The Balaban J connectivity index is 1.56. The molecule has 1 aliphatic heterocycles. The first-order chi connectivity index (χ1) is 20.0. The molecule has 2 heterocycles. The quantitative estimate of drug-likeness (QED) is 0.190. The molecule has 12 heteroatoms. The number of anilines is 2. The minimum absolute atomic E-state index is 0.0845. The van der Waals surface area contributed by atoms with E-state index in [2.05, 4.69) is 22.5 Å². The fourth-order valence-electron chi connectivity index (χ4n) is 5.09. The first-order valence-electron chi connectivity index (χ1n) is 13.5. The molecule has 1 aliphatic rings. The van der Waals surface area contributed by atoms with E-state index in [1.807, 2.05) is 4.90 Å². The normalized spacial score (nSPS) is 18.2. The number of aliphatic hydroxyl groups is 1. The highest BCUT2D eigenvalue weighted by Crippen LogP contribution is 2.32. The number of fused-ring (bicyclic) bond motifs is 1. The Morgan fingerprint density at radius 3 is 2.64 bits per heavy atom. The number of hydrogen-bond donors (Lipinski definition) is 3. The Hall–Kier alpha value is -3.95. The molecule has 0 amide bonds. The maximum absolute atomic E-state index is 15.0. The summed E-state index contributed by atoms with van der Waals surface area (Å²) in [4.78, 5) is 13.6. The van der Waals surface area contributed by atoms with Gasteiger partial charge in [-0.1, -0.05) is 12.0 Å². The van der Waals surface area contributed by atoms with Gasteiger partial charge in [-0.3, -0.25) is 4.90 Å². The van der Waals surface area contributed by atoms with Crippen LogP contribution in [0.5, 0.6) is 5.75 Å². The average molecular weight is 591 g/mol. The second-order valence-electron chi connectivity index (χ2n) is 10.2. The number of ether oxygens (including phenoxy) is 2. The minimum atomic E-state index is -4.49. The Labute approximate surface area is 241 Å². The summed E-state index contributed by atoms with van der Waals surface area (Å²) in [5, 5.41) is 16.4. The third-order valence-corrected chi connectivity index (χ3v) is 6.98. The van der Waals surface area contributed by atoms with E-state index < -0.39 is 37.0 Å². The monoisotopic (exact) mass is 590 g/mol. The highest BCUT2D eigenvalue weighted by atomic mass is 19.4. The summed E-state index contributed by atoms with van der Waals surface area (Å²) in [5.41, 5.74) is 1.87. The number of rotatable bonds is 9. The van der Waals surface area contributed by atoms with Crippen LogP contribution in [0.4, 0.5) is 28.9 Å². The molecule has 0 radical (unpaired) electrons. The predicted molar refractivity (Wildman–Crippen MR) is 153 cm³/mol. The molecule has 1 saturated heterocycles. The fraction of sp³-hybridized carbons (Fsp3) is 0.433. The van der Waals surface area contributed by atoms with Crippen molar-refractivity contribution >= 4 is 28.2 Å². The largest absolute Gasteiger partial charge is 0.495 e. The van der Waals surface area contributed by atoms with Crippen LogP contribution in [0.3, 0.4) is 0 Å². The lowest BCUT2D eigenvalue weighted by Gasteiger charge is -2.36. The van der Waals surface area contributed by atoms with Crippen LogP contribution in [0.15, 0.2) is 42.5 Å². The molecule has 3 atom stereocenters. The zero-order valence-corrected chi connectivity index (χ0v) is 23.6. The van der Waals surface area contributed by atoms with Gasteiger partial charge in [0.2, 0.25) is 0 Å². The van der Waals surface area contributed by atoms with E-state index in [1.54, 1.807) is 43.3 Å². The van der Waals surface area contributed by atoms with E-state index in [1.165, 1.54) is 20.3 Å². The number of nitrogens with zero attached hydrogens (tertiary/aromatic N) is 2. The molecule has 3 unspecified atom stereocenters. The van der Waals surface area contributed by atoms with Gasteiger partial charge in [-0.15, -0.1) is 0 Å². The van der Waals surface area contributed by atoms with Gasteiger partial charge in [-0.25, -0.2) is 9.18 Å². The summed E-state index contributed by atoms with van der Waals surface area (Å²) in [6, 6.07) is 10.7. The molecular weight excluding hydrogens is 556 g/mol. The van der Waals surface area contributed by atoms with Crippen molar-refractivity contribution in [2.75, 3.05) is 51.0 Å². The zero-order chi connectivity index (χ0) is 30.4. The van der Waals surface area contributed by atoms with Gasteiger partial charge in [0.1, 0.15) is 18.5 Å². The fourth-order valence-corrected chi connectivity index (χ4v) is 5.09. The number of aliphatic hydroxyl groups excluding tert-OH is 1. The topological polar surface area (TPSA) is 88.0 Å². The van der Waals surface area contributed by atoms with Crippen molar-refractivity contribution in [3.05, 3.63) is 53.7 Å². The number of hydrogen-bond acceptors (Lipinski definition) is 7. The van der Waals surface area contributed by atoms with Crippen LogP contribution in [0.1, 0.15) is 29.4 Å². The van der Waals surface area contributed by atoms with E-state index in [9.17, 15) is 23.1 Å². The van der Waals surface area contributed by atoms with E-state index in [-0.39, 0.29) is 18.8 Å². The summed E-state index contributed by atoms with van der Waals surface area (Å²) in [7, 11) is 2.72. The van der Waals surface area contributed by atoms with Gasteiger partial charge in [0.15, 0.2) is 0 Å². The van der Waals surface area contributed by atoms with Crippen LogP contribution < -0.4 is 15.4 Å². The number of nitrogens with one attached hydrogen (secondary N) is 2. The smallest absolute Gasteiger partial charge is 0.406 e. The predicted octanol–water partition coefficient (Wildman–Crippen LogP) is 4.67. The SMILES string of the molecule is COC(=O)c1ccc(NCC#Cc2cc3c(NC4CCN(CC(C)O)CC4F)cccc3n2CC(F)(F)F)c(OC)c1. The number of alkyl halides is 4. The molecule has 1 aromatic heterocycles. The second kappa shape index (κ2) is 13.4. The first kappa shape index (κ1) is 31.0. The Kier molecular flexibility index (Phi) is 9.85. The summed E-state index contributed by atoms with van der Waals surface area (Å²) >= 11 is 0. The van der Waals surface area contributed by atoms with Crippen molar-refractivity contribution in [3.63, 3.8) is 0 Å². The van der Waals surface area contributed by atoms with Crippen LogP contribution >= 0.6 is 0 Å². The summed E-state index contributed by atoms with van der Waals surface area (Å²) in [5.74, 6) is 5.56. The van der Waals surface area contributed by atoms with Gasteiger partial charge in [-0.2, -0.15) is 13.2 Å². The van der Waals surface area contributed by atoms with Gasteiger partial charge < -0.3 is 29.8 Å². The number of piperidine rings is 1. The number of carbonyl (C=O) groups excluding carboxylic acids is 1. The molecule has 8 nitrogen and oxygen atoms in total. The second-order valence-corrected chi connectivity index (χ2v) is 10.2. The molecule has 0 bridgehead atoms. The molecule has 42 heavy (non-hydrogen) atoms. The summed E-state index contributed by atoms with van der Waals surface area (Å²) < 4.78 is 66.9. The lowest BCUT2D eigenvalue weighted by molar-refractivity contribution is -0.140. The Morgan fingerprint density at radius 2 is 1.98 bits per heavy atom. The maximum atomic E-state index is 15.0. The van der Waals surface area contributed by atoms with E-state index in [0.717, 1.165) is 4.57 Å². The first-order valence-corrected chi connectivity index (χ1v) is 13.5. The van der Waals surface area contributed by atoms with E-state index >= 15 is 4.39 Å². The van der Waals surface area contributed by atoms with E-state index in [4.69, 9.17) is 9.47 Å². The molecule has 226 valence electrons. The number of benzene rings is 2. The maximum Gasteiger partial charge on any atom is 0.406 e. The molecule has 3 N–H and O–H groups in total. The minimum Gasteiger partial charge on any atom is -0.495 e. The molecule has 1 fully saturated rings. The lowest BCUT2D eigenvalue weighted by atomic mass is 10.0. The highest BCUT2D eigenvalue weighted by molar-refractivity contribution is 5.94. The summed E-state index contributed by atoms with van der Waals surface area (Å²) in [6.45, 7) is 1.64. The highest BCUT2D eigenvalue weighted by Gasteiger charge is 2.32. The number of carbonyl (C=O) groups is 1. The van der Waals surface area contributed by atoms with Gasteiger partial charge in [0.05, 0.1) is 55.4 Å². The molecule has 3 aromatic rings. The van der Waals surface area contributed by atoms with E-state index in [0.29, 0.717) is 53.1 Å². The number of aromatic nitrogens is 1. The Morgan fingerprint density at radius 1 is 1.19 bits per heavy atom.